The van der Waals surface area contributed by atoms with Crippen molar-refractivity contribution in [2.24, 2.45) is 0 Å². The smallest absolute Gasteiger partial charge is 0.268 e. The number of imidazole rings is 1. The van der Waals surface area contributed by atoms with Crippen LogP contribution in [0.15, 0.2) is 206 Å². The fraction of sp³-hybridized carbons (Fsp3) is 0.214. The molecule has 0 bridgehead atoms. The van der Waals surface area contributed by atoms with Gasteiger partial charge < -0.3 is 13.9 Å². The maximum atomic E-state index is 9.03. The molecule has 0 radical (unpaired) electrons. The van der Waals surface area contributed by atoms with Crippen LogP contribution in [0, 0.1) is 32.2 Å². The normalized spacial score (nSPS) is 13.7. The number of para-hydroxylation sites is 1. The first-order valence-electron chi connectivity index (χ1n) is 33.8. The van der Waals surface area contributed by atoms with Crippen molar-refractivity contribution in [3.05, 3.63) is 258 Å². The molecule has 6 heteroatoms. The van der Waals surface area contributed by atoms with Gasteiger partial charge in [0.2, 0.25) is 0 Å². The molecule has 90 heavy (non-hydrogen) atoms. The molecule has 0 spiro atoms. The Balaban J connectivity index is 0.00000833. The summed E-state index contributed by atoms with van der Waals surface area (Å²) in [4.78, 5) is 4.93. The topological polar surface area (TPSA) is 35.9 Å². The summed E-state index contributed by atoms with van der Waals surface area (Å²) in [5.41, 5.74) is 18.4. The van der Waals surface area contributed by atoms with E-state index in [2.05, 4.69) is 255 Å². The number of aryl methyl sites for hydroxylation is 2. The first-order chi connectivity index (χ1) is 44.9. The maximum Gasteiger partial charge on any atom is 0.268 e. The van der Waals surface area contributed by atoms with Gasteiger partial charge in [-0.1, -0.05) is 222 Å². The van der Waals surface area contributed by atoms with E-state index in [0.29, 0.717) is 22.7 Å². The van der Waals surface area contributed by atoms with E-state index in [1.54, 1.807) is 18.2 Å². The summed E-state index contributed by atoms with van der Waals surface area (Å²) in [6, 6.07) is 75.9. The number of hydrogen-bond acceptors (Lipinski definition) is 2. The molecule has 0 atom stereocenters. The molecule has 0 saturated heterocycles. The minimum Gasteiger partial charge on any atom is -0.510 e. The molecule has 10 aromatic carbocycles. The summed E-state index contributed by atoms with van der Waals surface area (Å²) >= 11 is 0. The molecule has 1 aliphatic rings. The predicted molar refractivity (Wildman–Crippen MR) is 370 cm³/mol. The number of fused-ring (bicyclic) bond motifs is 10. The Hall–Kier alpha value is -8.89. The molecule has 13 aromatic rings. The van der Waals surface area contributed by atoms with Gasteiger partial charge in [0.25, 0.3) is 6.33 Å². The SMILES string of the molecule is [2H]C([2H])([2H])c1cccc(C([2H])([2H])[2H])c1-c1cc(-c2cc(C(C)(C)C)cc(C(C)(C)C)c2)c2c(c1)-c1ccccc1-c1ccccc1-c1cc(-c3ccc(C(C)(C)C)cc3)cc3c1[n+]-2[c-]n3-c1[c-]c(Oc2[c-]c3c(cc2)c2ccccc2n3-c2cc(C(C)(C)C)ccn2)ccc1.[Pt]. The molecule has 0 N–H and O–H groups in total. The van der Waals surface area contributed by atoms with E-state index < -0.39 is 13.7 Å². The third-order valence-electron chi connectivity index (χ3n) is 17.8. The Bertz CT molecular complexity index is 5170. The number of pyridine rings is 1. The van der Waals surface area contributed by atoms with Crippen molar-refractivity contribution in [3.63, 3.8) is 0 Å². The number of benzene rings is 10. The van der Waals surface area contributed by atoms with Gasteiger partial charge in [0.15, 0.2) is 0 Å². The zero-order valence-electron chi connectivity index (χ0n) is 59.1. The van der Waals surface area contributed by atoms with Gasteiger partial charge >= 0.3 is 0 Å². The molecule has 4 heterocycles. The summed E-state index contributed by atoms with van der Waals surface area (Å²) in [6.07, 6.45) is 5.90. The van der Waals surface area contributed by atoms with Crippen LogP contribution < -0.4 is 9.30 Å². The number of hydrogen-bond donors (Lipinski definition) is 0. The molecule has 5 nitrogen and oxygen atoms in total. The molecule has 0 unspecified atom stereocenters. The maximum absolute atomic E-state index is 9.03. The molecule has 450 valence electrons. The Kier molecular flexibility index (Phi) is 13.1. The van der Waals surface area contributed by atoms with E-state index in [0.717, 1.165) is 111 Å². The zero-order valence-corrected chi connectivity index (χ0v) is 55.4. The van der Waals surface area contributed by atoms with Crippen molar-refractivity contribution in [1.29, 1.82) is 0 Å². The number of aromatic nitrogens is 4. The van der Waals surface area contributed by atoms with Crippen LogP contribution in [-0.2, 0) is 42.7 Å². The minimum atomic E-state index is -2.67. The summed E-state index contributed by atoms with van der Waals surface area (Å²) in [6.45, 7) is 21.3. The van der Waals surface area contributed by atoms with Gasteiger partial charge in [0.1, 0.15) is 5.82 Å². The van der Waals surface area contributed by atoms with Crippen LogP contribution in [0.3, 0.4) is 0 Å². The second-order valence-corrected chi connectivity index (χ2v) is 28.1. The van der Waals surface area contributed by atoms with Crippen molar-refractivity contribution >= 4 is 32.8 Å². The van der Waals surface area contributed by atoms with Crippen LogP contribution in [0.25, 0.3) is 117 Å². The predicted octanol–water partition coefficient (Wildman–Crippen LogP) is 21.7. The minimum absolute atomic E-state index is 0. The number of rotatable bonds is 7. The van der Waals surface area contributed by atoms with Crippen LogP contribution in [-0.4, -0.2) is 14.1 Å². The first kappa shape index (κ1) is 53.0. The van der Waals surface area contributed by atoms with Crippen molar-refractivity contribution in [2.45, 2.75) is 118 Å². The van der Waals surface area contributed by atoms with Crippen molar-refractivity contribution in [2.75, 3.05) is 0 Å². The van der Waals surface area contributed by atoms with Crippen LogP contribution in [0.2, 0.25) is 0 Å². The van der Waals surface area contributed by atoms with Gasteiger partial charge in [-0.25, -0.2) is 4.98 Å². The second-order valence-electron chi connectivity index (χ2n) is 28.1. The fourth-order valence-electron chi connectivity index (χ4n) is 12.9. The summed E-state index contributed by atoms with van der Waals surface area (Å²) in [7, 11) is 0. The molecular formula is C84H76N4OPt-2. The van der Waals surface area contributed by atoms with Crippen molar-refractivity contribution in [1.82, 2.24) is 14.1 Å². The molecule has 0 fully saturated rings. The number of ether oxygens (including phenoxy) is 1. The van der Waals surface area contributed by atoms with E-state index in [9.17, 15) is 0 Å². The standard InChI is InChI=1S/C84H76N4O.Pt/c1-52-23-21-24-53(2)78(52)57-44-71(56-41-60(83(9,10)11)47-61(42-56)84(12,13)14)79-72(45-57)67-29-17-15-27-65(67)66-28-16-18-30-68(66)73-43-55(54-33-35-58(36-34-54)81(3,4)5)46-76-80(73)87(79)51-86(76)62-25-22-26-63(49-62)89-64-37-38-70-69-31-19-20-32-74(69)88(75(70)50-64)77-48-59(39-40-85-77)82(6,7)8;/h15-48H,1-14H3;/q-2;/i1D3,2D3;. The van der Waals surface area contributed by atoms with E-state index in [-0.39, 0.29) is 59.4 Å². The van der Waals surface area contributed by atoms with Crippen LogP contribution >= 0.6 is 0 Å². The van der Waals surface area contributed by atoms with Crippen LogP contribution in [0.1, 0.15) is 125 Å². The molecule has 0 aliphatic carbocycles. The third-order valence-corrected chi connectivity index (χ3v) is 17.8. The molecule has 3 aromatic heterocycles. The van der Waals surface area contributed by atoms with Crippen LogP contribution in [0.4, 0.5) is 0 Å². The van der Waals surface area contributed by atoms with E-state index in [1.165, 1.54) is 11.1 Å². The average molecular weight is 1360 g/mol. The largest absolute Gasteiger partial charge is 0.510 e. The van der Waals surface area contributed by atoms with Gasteiger partial charge in [0, 0.05) is 52.5 Å². The Morgan fingerprint density at radius 3 is 1.66 bits per heavy atom. The molecule has 0 amide bonds. The fourth-order valence-corrected chi connectivity index (χ4v) is 12.9. The molecule has 0 saturated carbocycles. The monoisotopic (exact) mass is 1360 g/mol. The van der Waals surface area contributed by atoms with Gasteiger partial charge in [-0.2, -0.15) is 18.2 Å². The summed E-state index contributed by atoms with van der Waals surface area (Å²) < 4.78 is 67.6. The average Bonchev–Trinajstić information content (AvgIpc) is 1.52. The second kappa shape index (κ2) is 22.2. The molecule has 1 aliphatic heterocycles. The molecular weight excluding hydrogens is 1280 g/mol. The summed E-state index contributed by atoms with van der Waals surface area (Å²) in [5.74, 6) is 1.76. The van der Waals surface area contributed by atoms with Gasteiger partial charge in [0.05, 0.1) is 16.7 Å². The Labute approximate surface area is 554 Å². The first-order valence-corrected chi connectivity index (χ1v) is 30.8. The van der Waals surface area contributed by atoms with Crippen molar-refractivity contribution in [3.8, 4) is 95.5 Å². The quantitative estimate of drug-likeness (QED) is 0.118. The zero-order chi connectivity index (χ0) is 67.1. The van der Waals surface area contributed by atoms with Gasteiger partial charge in [-0.15, -0.1) is 29.7 Å². The van der Waals surface area contributed by atoms with Crippen molar-refractivity contribution < 1.29 is 38.6 Å². The summed E-state index contributed by atoms with van der Waals surface area (Å²) in [5, 5.41) is 2.10. The third kappa shape index (κ3) is 10.6. The van der Waals surface area contributed by atoms with E-state index >= 15 is 0 Å². The number of nitrogens with zero attached hydrogens (tertiary/aromatic N) is 4. The van der Waals surface area contributed by atoms with E-state index in [1.807, 2.05) is 48.7 Å². The van der Waals surface area contributed by atoms with Gasteiger partial charge in [-0.3, -0.25) is 4.57 Å². The van der Waals surface area contributed by atoms with Gasteiger partial charge in [-0.05, 0) is 183 Å². The Morgan fingerprint density at radius 2 is 1.01 bits per heavy atom. The molecule has 14 rings (SSSR count). The van der Waals surface area contributed by atoms with Crippen LogP contribution in [0.5, 0.6) is 11.5 Å². The Morgan fingerprint density at radius 1 is 0.433 bits per heavy atom. The van der Waals surface area contributed by atoms with E-state index in [4.69, 9.17) is 17.9 Å².